The molecule has 152 valence electrons. The predicted molar refractivity (Wildman–Crippen MR) is 119 cm³/mol. The largest absolute Gasteiger partial charge is 0.338 e. The molecule has 6 nitrogen and oxygen atoms in total. The summed E-state index contributed by atoms with van der Waals surface area (Å²) in [5.41, 5.74) is 6.58. The number of halogens is 1. The number of benzene rings is 2. The fraction of sp³-hybridized carbons (Fsp3) is 0.318. The van der Waals surface area contributed by atoms with E-state index in [1.165, 1.54) is 0 Å². The summed E-state index contributed by atoms with van der Waals surface area (Å²) in [5, 5.41) is 5.71. The summed E-state index contributed by atoms with van der Waals surface area (Å²) in [6.45, 7) is 7.50. The SMILES string of the molecule is CCCc1cccc2nc(C(=O)NN(CC)CC)c(Nc3ccc(Cl)cc3)nc12. The van der Waals surface area contributed by atoms with Crippen LogP contribution in [0, 0.1) is 0 Å². The first-order valence-corrected chi connectivity index (χ1v) is 10.3. The lowest BCUT2D eigenvalue weighted by molar-refractivity contribution is 0.0801. The Morgan fingerprint density at radius 2 is 1.76 bits per heavy atom. The topological polar surface area (TPSA) is 70.2 Å². The minimum atomic E-state index is -0.291. The zero-order valence-corrected chi connectivity index (χ0v) is 17.8. The number of aromatic nitrogens is 2. The first-order chi connectivity index (χ1) is 14.0. The molecule has 0 atom stereocenters. The Morgan fingerprint density at radius 3 is 2.41 bits per heavy atom. The maximum Gasteiger partial charge on any atom is 0.288 e. The fourth-order valence-corrected chi connectivity index (χ4v) is 3.23. The van der Waals surface area contributed by atoms with Crippen LogP contribution in [0.2, 0.25) is 5.02 Å². The molecule has 0 spiro atoms. The molecule has 3 rings (SSSR count). The van der Waals surface area contributed by atoms with E-state index >= 15 is 0 Å². The van der Waals surface area contributed by atoms with Gasteiger partial charge in [-0.3, -0.25) is 10.2 Å². The number of anilines is 2. The van der Waals surface area contributed by atoms with E-state index < -0.39 is 0 Å². The number of nitrogens with zero attached hydrogens (tertiary/aromatic N) is 3. The lowest BCUT2D eigenvalue weighted by atomic mass is 10.1. The van der Waals surface area contributed by atoms with E-state index in [1.54, 1.807) is 12.1 Å². The van der Waals surface area contributed by atoms with E-state index in [0.717, 1.165) is 29.6 Å². The van der Waals surface area contributed by atoms with Gasteiger partial charge in [0.05, 0.1) is 11.0 Å². The highest BCUT2D eigenvalue weighted by Crippen LogP contribution is 2.25. The van der Waals surface area contributed by atoms with Crippen LogP contribution in [0.5, 0.6) is 0 Å². The van der Waals surface area contributed by atoms with Crippen molar-refractivity contribution in [1.29, 1.82) is 0 Å². The molecule has 1 aromatic heterocycles. The normalized spacial score (nSPS) is 11.1. The molecule has 0 saturated carbocycles. The van der Waals surface area contributed by atoms with Crippen molar-refractivity contribution in [2.45, 2.75) is 33.6 Å². The van der Waals surface area contributed by atoms with Crippen LogP contribution in [0.1, 0.15) is 43.2 Å². The monoisotopic (exact) mass is 411 g/mol. The molecule has 0 aliphatic rings. The van der Waals surface area contributed by atoms with Crippen molar-refractivity contribution in [3.8, 4) is 0 Å². The number of aryl methyl sites for hydroxylation is 1. The van der Waals surface area contributed by atoms with Gasteiger partial charge < -0.3 is 5.32 Å². The van der Waals surface area contributed by atoms with E-state index in [4.69, 9.17) is 16.6 Å². The van der Waals surface area contributed by atoms with Crippen LogP contribution >= 0.6 is 11.6 Å². The molecule has 2 N–H and O–H groups in total. The van der Waals surface area contributed by atoms with Crippen molar-refractivity contribution in [3.63, 3.8) is 0 Å². The second-order valence-electron chi connectivity index (χ2n) is 6.70. The van der Waals surface area contributed by atoms with Gasteiger partial charge in [0.1, 0.15) is 0 Å². The van der Waals surface area contributed by atoms with Gasteiger partial charge in [-0.25, -0.2) is 15.0 Å². The van der Waals surface area contributed by atoms with Crippen LogP contribution in [0.4, 0.5) is 11.5 Å². The van der Waals surface area contributed by atoms with Gasteiger partial charge in [-0.1, -0.05) is 50.9 Å². The van der Waals surface area contributed by atoms with Gasteiger partial charge in [-0.15, -0.1) is 0 Å². The molecule has 29 heavy (non-hydrogen) atoms. The number of nitrogens with one attached hydrogen (secondary N) is 2. The van der Waals surface area contributed by atoms with Crippen molar-refractivity contribution in [1.82, 2.24) is 20.4 Å². The summed E-state index contributed by atoms with van der Waals surface area (Å²) in [7, 11) is 0. The first kappa shape index (κ1) is 21.0. The van der Waals surface area contributed by atoms with Crippen LogP contribution in [0.3, 0.4) is 0 Å². The molecular formula is C22H26ClN5O. The number of hydrogen-bond donors (Lipinski definition) is 2. The van der Waals surface area contributed by atoms with Crippen molar-refractivity contribution >= 4 is 40.0 Å². The Hall–Kier alpha value is -2.70. The molecule has 1 heterocycles. The third-order valence-corrected chi connectivity index (χ3v) is 4.89. The van der Waals surface area contributed by atoms with Gasteiger partial charge in [0, 0.05) is 23.8 Å². The standard InChI is InChI=1S/C22H26ClN5O/c1-4-8-15-9-7-10-18-19(15)26-21(24-17-13-11-16(23)12-14-17)20(25-18)22(29)27-28(5-2)6-3/h7,9-14H,4-6,8H2,1-3H3,(H,24,26)(H,27,29). The van der Waals surface area contributed by atoms with Crippen LogP contribution in [-0.4, -0.2) is 34.0 Å². The van der Waals surface area contributed by atoms with Gasteiger partial charge in [0.15, 0.2) is 11.5 Å². The Morgan fingerprint density at radius 1 is 1.03 bits per heavy atom. The van der Waals surface area contributed by atoms with E-state index in [1.807, 2.05) is 43.1 Å². The van der Waals surface area contributed by atoms with E-state index in [-0.39, 0.29) is 11.6 Å². The van der Waals surface area contributed by atoms with Gasteiger partial charge in [0.25, 0.3) is 5.91 Å². The zero-order valence-electron chi connectivity index (χ0n) is 17.0. The number of fused-ring (bicyclic) bond motifs is 1. The number of rotatable bonds is 8. The minimum absolute atomic E-state index is 0.257. The predicted octanol–water partition coefficient (Wildman–Crippen LogP) is 4.97. The average molecular weight is 412 g/mol. The summed E-state index contributed by atoms with van der Waals surface area (Å²) in [5.74, 6) is 0.133. The average Bonchev–Trinajstić information content (AvgIpc) is 2.73. The highest BCUT2D eigenvalue weighted by Gasteiger charge is 2.19. The summed E-state index contributed by atoms with van der Waals surface area (Å²) < 4.78 is 0. The highest BCUT2D eigenvalue weighted by atomic mass is 35.5. The maximum absolute atomic E-state index is 13.0. The summed E-state index contributed by atoms with van der Waals surface area (Å²) >= 11 is 5.99. The van der Waals surface area contributed by atoms with Gasteiger partial charge in [-0.2, -0.15) is 0 Å². The van der Waals surface area contributed by atoms with E-state index in [0.29, 0.717) is 29.4 Å². The molecule has 0 bridgehead atoms. The summed E-state index contributed by atoms with van der Waals surface area (Å²) in [6, 6.07) is 13.2. The van der Waals surface area contributed by atoms with Gasteiger partial charge in [0.2, 0.25) is 0 Å². The molecule has 0 radical (unpaired) electrons. The fourth-order valence-electron chi connectivity index (χ4n) is 3.10. The molecule has 2 aromatic carbocycles. The van der Waals surface area contributed by atoms with E-state index in [9.17, 15) is 4.79 Å². The molecule has 0 aliphatic carbocycles. The van der Waals surface area contributed by atoms with Crippen LogP contribution in [0.25, 0.3) is 11.0 Å². The zero-order chi connectivity index (χ0) is 20.8. The molecule has 0 saturated heterocycles. The van der Waals surface area contributed by atoms with Gasteiger partial charge in [-0.05, 0) is 42.3 Å². The number of carbonyl (C=O) groups is 1. The molecule has 0 aliphatic heterocycles. The Bertz CT molecular complexity index is 986. The maximum atomic E-state index is 13.0. The van der Waals surface area contributed by atoms with Gasteiger partial charge >= 0.3 is 0 Å². The molecule has 1 amide bonds. The second-order valence-corrected chi connectivity index (χ2v) is 7.14. The number of hydrazine groups is 1. The van der Waals surface area contributed by atoms with E-state index in [2.05, 4.69) is 28.7 Å². The molecule has 7 heteroatoms. The molecular weight excluding hydrogens is 386 g/mol. The minimum Gasteiger partial charge on any atom is -0.338 e. The van der Waals surface area contributed by atoms with Crippen molar-refractivity contribution in [3.05, 3.63) is 58.7 Å². The smallest absolute Gasteiger partial charge is 0.288 e. The van der Waals surface area contributed by atoms with Crippen LogP contribution in [0.15, 0.2) is 42.5 Å². The molecule has 0 unspecified atom stereocenters. The number of amides is 1. The number of para-hydroxylation sites is 1. The second kappa shape index (κ2) is 9.67. The van der Waals surface area contributed by atoms with Crippen LogP contribution < -0.4 is 10.7 Å². The third kappa shape index (κ3) is 5.02. The summed E-state index contributed by atoms with van der Waals surface area (Å²) in [6.07, 6.45) is 1.91. The summed E-state index contributed by atoms with van der Waals surface area (Å²) in [4.78, 5) is 22.4. The van der Waals surface area contributed by atoms with Crippen molar-refractivity contribution in [2.75, 3.05) is 18.4 Å². The van der Waals surface area contributed by atoms with Crippen molar-refractivity contribution in [2.24, 2.45) is 0 Å². The van der Waals surface area contributed by atoms with Crippen molar-refractivity contribution < 1.29 is 4.79 Å². The highest BCUT2D eigenvalue weighted by molar-refractivity contribution is 6.30. The Kier molecular flexibility index (Phi) is 7.01. The molecule has 0 fully saturated rings. The lowest BCUT2D eigenvalue weighted by Gasteiger charge is -2.20. The Labute approximate surface area is 176 Å². The number of hydrogen-bond acceptors (Lipinski definition) is 5. The molecule has 3 aromatic rings. The lowest BCUT2D eigenvalue weighted by Crippen LogP contribution is -2.42. The Balaban J connectivity index is 2.08. The van der Waals surface area contributed by atoms with Crippen LogP contribution in [-0.2, 0) is 6.42 Å². The quantitative estimate of drug-likeness (QED) is 0.512. The first-order valence-electron chi connectivity index (χ1n) is 9.93. The number of carbonyl (C=O) groups excluding carboxylic acids is 1. The third-order valence-electron chi connectivity index (χ3n) is 4.64.